The quantitative estimate of drug-likeness (QED) is 0.455. The smallest absolute Gasteiger partial charge is 0.252 e. The molecule has 0 radical (unpaired) electrons. The Bertz CT molecular complexity index is 1380. The Balaban J connectivity index is 1.20. The van der Waals surface area contributed by atoms with E-state index in [4.69, 9.17) is 14.5 Å². The Morgan fingerprint density at radius 1 is 0.944 bits per heavy atom. The van der Waals surface area contributed by atoms with E-state index in [2.05, 4.69) is 21.3 Å². The van der Waals surface area contributed by atoms with E-state index in [1.807, 2.05) is 66.9 Å². The highest BCUT2D eigenvalue weighted by Crippen LogP contribution is 2.35. The van der Waals surface area contributed by atoms with E-state index in [1.54, 1.807) is 0 Å². The zero-order valence-corrected chi connectivity index (χ0v) is 20.0. The number of amides is 1. The van der Waals surface area contributed by atoms with E-state index >= 15 is 0 Å². The number of para-hydroxylation sites is 1. The molecule has 7 nitrogen and oxygen atoms in total. The van der Waals surface area contributed by atoms with Crippen molar-refractivity contribution in [3.05, 3.63) is 84.2 Å². The van der Waals surface area contributed by atoms with Crippen molar-refractivity contribution in [3.8, 4) is 22.8 Å². The normalized spacial score (nSPS) is 16.1. The second-order valence-electron chi connectivity index (χ2n) is 9.28. The van der Waals surface area contributed by atoms with Crippen LogP contribution in [0.4, 0.5) is 0 Å². The van der Waals surface area contributed by atoms with Gasteiger partial charge in [0, 0.05) is 42.8 Å². The maximum atomic E-state index is 13.5. The molecule has 6 rings (SSSR count). The zero-order valence-electron chi connectivity index (χ0n) is 20.0. The van der Waals surface area contributed by atoms with Gasteiger partial charge in [-0.05, 0) is 55.3 Å². The Hall–Kier alpha value is -3.97. The third kappa shape index (κ3) is 4.75. The maximum absolute atomic E-state index is 13.5. The number of aromatic nitrogens is 2. The number of carbonyl (C=O) groups is 1. The van der Waals surface area contributed by atoms with Gasteiger partial charge in [0.15, 0.2) is 11.5 Å². The molecule has 0 saturated carbocycles. The first kappa shape index (κ1) is 22.5. The highest BCUT2D eigenvalue weighted by atomic mass is 16.6. The summed E-state index contributed by atoms with van der Waals surface area (Å²) in [5.74, 6) is 1.38. The Morgan fingerprint density at radius 2 is 1.75 bits per heavy atom. The molecule has 1 amide bonds. The first-order valence-electron chi connectivity index (χ1n) is 12.5. The number of carbonyl (C=O) groups excluding carboxylic acids is 1. The van der Waals surface area contributed by atoms with Crippen molar-refractivity contribution >= 4 is 16.8 Å². The van der Waals surface area contributed by atoms with Crippen molar-refractivity contribution in [2.75, 3.05) is 26.3 Å². The minimum Gasteiger partial charge on any atom is -0.486 e. The first-order valence-corrected chi connectivity index (χ1v) is 12.5. The molecular weight excluding hydrogens is 452 g/mol. The molecule has 2 aromatic carbocycles. The van der Waals surface area contributed by atoms with E-state index in [-0.39, 0.29) is 11.9 Å². The lowest BCUT2D eigenvalue weighted by atomic mass is 10.0. The van der Waals surface area contributed by atoms with Crippen LogP contribution >= 0.6 is 0 Å². The maximum Gasteiger partial charge on any atom is 0.252 e. The van der Waals surface area contributed by atoms with Crippen LogP contribution in [0.15, 0.2) is 72.9 Å². The second kappa shape index (κ2) is 9.95. The van der Waals surface area contributed by atoms with E-state index in [0.29, 0.717) is 24.5 Å². The lowest BCUT2D eigenvalue weighted by Gasteiger charge is -2.32. The third-order valence-electron chi connectivity index (χ3n) is 6.83. The fourth-order valence-electron chi connectivity index (χ4n) is 4.93. The number of pyridine rings is 2. The molecule has 2 aromatic heterocycles. The van der Waals surface area contributed by atoms with Crippen LogP contribution in [0.5, 0.6) is 11.5 Å². The Labute approximate surface area is 210 Å². The van der Waals surface area contributed by atoms with Crippen molar-refractivity contribution in [2.45, 2.75) is 25.4 Å². The third-order valence-corrected chi connectivity index (χ3v) is 6.83. The van der Waals surface area contributed by atoms with Gasteiger partial charge in [-0.15, -0.1) is 0 Å². The predicted molar refractivity (Wildman–Crippen MR) is 138 cm³/mol. The molecule has 2 aliphatic rings. The van der Waals surface area contributed by atoms with Crippen LogP contribution in [0.2, 0.25) is 0 Å². The van der Waals surface area contributed by atoms with Crippen LogP contribution in [0.1, 0.15) is 28.9 Å². The van der Waals surface area contributed by atoms with Crippen molar-refractivity contribution in [2.24, 2.45) is 0 Å². The molecule has 4 heterocycles. The highest BCUT2D eigenvalue weighted by molar-refractivity contribution is 6.07. The van der Waals surface area contributed by atoms with Gasteiger partial charge in [-0.2, -0.15) is 0 Å². The number of ether oxygens (including phenoxy) is 2. The number of piperidine rings is 1. The molecule has 182 valence electrons. The molecule has 36 heavy (non-hydrogen) atoms. The van der Waals surface area contributed by atoms with Crippen LogP contribution < -0.4 is 14.8 Å². The minimum absolute atomic E-state index is 0.0597. The summed E-state index contributed by atoms with van der Waals surface area (Å²) in [6.45, 7) is 3.78. The zero-order chi connectivity index (χ0) is 24.3. The lowest BCUT2D eigenvalue weighted by Crippen LogP contribution is -2.44. The summed E-state index contributed by atoms with van der Waals surface area (Å²) >= 11 is 0. The van der Waals surface area contributed by atoms with Gasteiger partial charge in [0.25, 0.3) is 5.91 Å². The van der Waals surface area contributed by atoms with Gasteiger partial charge in [-0.3, -0.25) is 14.7 Å². The van der Waals surface area contributed by atoms with Gasteiger partial charge in [0.1, 0.15) is 13.2 Å². The van der Waals surface area contributed by atoms with E-state index in [9.17, 15) is 4.79 Å². The molecular formula is C29H28N4O3. The highest BCUT2D eigenvalue weighted by Gasteiger charge is 2.23. The SMILES string of the molecule is O=C(NC1CCN(Cc2ccccn2)CC1)c1cc(-c2ccc3c(c2)OCCO3)nc2ccccc12. The van der Waals surface area contributed by atoms with Crippen LogP contribution in [-0.2, 0) is 6.54 Å². The Morgan fingerprint density at radius 3 is 2.58 bits per heavy atom. The molecule has 0 aliphatic carbocycles. The number of likely N-dealkylation sites (tertiary alicyclic amines) is 1. The van der Waals surface area contributed by atoms with Gasteiger partial charge in [0.05, 0.1) is 22.5 Å². The topological polar surface area (TPSA) is 76.6 Å². The monoisotopic (exact) mass is 480 g/mol. The van der Waals surface area contributed by atoms with Gasteiger partial charge >= 0.3 is 0 Å². The summed E-state index contributed by atoms with van der Waals surface area (Å²) in [7, 11) is 0. The molecule has 4 aromatic rings. The standard InChI is InChI=1S/C29H28N4O3/c34-29(31-21-10-13-33(14-11-21)19-22-5-3-4-12-30-22)24-18-26(32-25-7-2-1-6-23(24)25)20-8-9-27-28(17-20)36-16-15-35-27/h1-9,12,17-18,21H,10-11,13-16,19H2,(H,31,34). The molecule has 7 heteroatoms. The molecule has 1 N–H and O–H groups in total. The Kier molecular flexibility index (Phi) is 6.22. The summed E-state index contributed by atoms with van der Waals surface area (Å²) in [5, 5.41) is 4.14. The van der Waals surface area contributed by atoms with E-state index in [1.165, 1.54) is 0 Å². The van der Waals surface area contributed by atoms with Gasteiger partial charge < -0.3 is 14.8 Å². The number of fused-ring (bicyclic) bond motifs is 2. The first-order chi connectivity index (χ1) is 17.7. The number of hydrogen-bond acceptors (Lipinski definition) is 6. The van der Waals surface area contributed by atoms with Crippen molar-refractivity contribution < 1.29 is 14.3 Å². The van der Waals surface area contributed by atoms with Crippen LogP contribution in [0, 0.1) is 0 Å². The molecule has 1 fully saturated rings. The second-order valence-corrected chi connectivity index (χ2v) is 9.28. The fraction of sp³-hybridized carbons (Fsp3) is 0.276. The largest absolute Gasteiger partial charge is 0.486 e. The van der Waals surface area contributed by atoms with Gasteiger partial charge in [-0.1, -0.05) is 24.3 Å². The number of rotatable bonds is 5. The molecule has 0 unspecified atom stereocenters. The molecule has 0 atom stereocenters. The number of benzene rings is 2. The number of hydrogen-bond donors (Lipinski definition) is 1. The summed E-state index contributed by atoms with van der Waals surface area (Å²) < 4.78 is 11.4. The predicted octanol–water partition coefficient (Wildman–Crippen LogP) is 4.46. The number of nitrogens with one attached hydrogen (secondary N) is 1. The molecule has 2 aliphatic heterocycles. The van der Waals surface area contributed by atoms with E-state index in [0.717, 1.165) is 66.1 Å². The fourth-order valence-corrected chi connectivity index (χ4v) is 4.93. The number of nitrogens with zero attached hydrogens (tertiary/aromatic N) is 3. The van der Waals surface area contributed by atoms with Crippen molar-refractivity contribution in [1.82, 2.24) is 20.2 Å². The lowest BCUT2D eigenvalue weighted by molar-refractivity contribution is 0.0910. The van der Waals surface area contributed by atoms with Gasteiger partial charge in [0.2, 0.25) is 0 Å². The van der Waals surface area contributed by atoms with Crippen LogP contribution in [-0.4, -0.2) is 53.1 Å². The average molecular weight is 481 g/mol. The molecule has 0 bridgehead atoms. The van der Waals surface area contributed by atoms with E-state index < -0.39 is 0 Å². The van der Waals surface area contributed by atoms with Crippen molar-refractivity contribution in [1.29, 1.82) is 0 Å². The summed E-state index contributed by atoms with van der Waals surface area (Å²) in [4.78, 5) is 25.2. The van der Waals surface area contributed by atoms with Gasteiger partial charge in [-0.25, -0.2) is 4.98 Å². The average Bonchev–Trinajstić information content (AvgIpc) is 2.94. The summed E-state index contributed by atoms with van der Waals surface area (Å²) in [6.07, 6.45) is 3.66. The minimum atomic E-state index is -0.0597. The van der Waals surface area contributed by atoms with Crippen molar-refractivity contribution in [3.63, 3.8) is 0 Å². The van der Waals surface area contributed by atoms with Crippen LogP contribution in [0.25, 0.3) is 22.2 Å². The summed E-state index contributed by atoms with van der Waals surface area (Å²) in [5.41, 5.74) is 4.14. The molecule has 1 saturated heterocycles. The summed E-state index contributed by atoms with van der Waals surface area (Å²) in [6, 6.07) is 21.6. The molecule has 0 spiro atoms. The van der Waals surface area contributed by atoms with Crippen LogP contribution in [0.3, 0.4) is 0 Å².